The van der Waals surface area contributed by atoms with Gasteiger partial charge in [0.2, 0.25) is 21.6 Å². The molecule has 1 heterocycles. The number of aromatic nitrogens is 2. The van der Waals surface area contributed by atoms with Gasteiger partial charge in [0.05, 0.1) is 42.7 Å². The third kappa shape index (κ3) is 16.1. The van der Waals surface area contributed by atoms with Crippen molar-refractivity contribution in [3.63, 3.8) is 0 Å². The first kappa shape index (κ1) is 38.9. The summed E-state index contributed by atoms with van der Waals surface area (Å²) < 4.78 is 94.8. The third-order valence-electron chi connectivity index (χ3n) is 4.44. The van der Waals surface area contributed by atoms with E-state index in [1.165, 1.54) is 6.07 Å². The minimum atomic E-state index is -3.82. The molecule has 0 aliphatic rings. The van der Waals surface area contributed by atoms with Crippen LogP contribution in [0.2, 0.25) is 0 Å². The summed E-state index contributed by atoms with van der Waals surface area (Å²) in [5.41, 5.74) is 0. The van der Waals surface area contributed by atoms with Gasteiger partial charge in [-0.25, -0.2) is 8.42 Å². The molecular weight excluding hydrogens is 614 g/mol. The molecule has 0 saturated carbocycles. The molecule has 0 fully saturated rings. The molecule has 0 radical (unpaired) electrons. The van der Waals surface area contributed by atoms with Gasteiger partial charge in [-0.1, -0.05) is 0 Å². The van der Waals surface area contributed by atoms with E-state index in [1.54, 1.807) is 69.2 Å². The number of rotatable bonds is 21. The maximum atomic E-state index is 13.0. The van der Waals surface area contributed by atoms with E-state index in [4.69, 9.17) is 37.0 Å². The first-order valence-corrected chi connectivity index (χ1v) is 19.1. The molecule has 0 aliphatic carbocycles. The highest BCUT2D eigenvalue weighted by Crippen LogP contribution is 2.51. The van der Waals surface area contributed by atoms with Crippen molar-refractivity contribution < 1.29 is 54.6 Å². The zero-order valence-electron chi connectivity index (χ0n) is 26.5. The standard InChI is InChI=1S/C25H48N2O12P2S/c1-17(2)36-40(28,37-18(3)4)15-34-21(9)13-32-23-12-24(27-25(26-23)42(11,30)31)33-14-22(10)35-16-41(29,38-19(5)6)39-20(7)8/h12,17-22H,13-16H2,1-11H3/t21-,22-/m0/s1. The highest BCUT2D eigenvalue weighted by molar-refractivity contribution is 7.90. The summed E-state index contributed by atoms with van der Waals surface area (Å²) in [6.45, 7) is 17.1. The lowest BCUT2D eigenvalue weighted by molar-refractivity contribution is 0.0334. The Hall–Kier alpha value is -1.15. The van der Waals surface area contributed by atoms with Gasteiger partial charge in [-0.15, -0.1) is 0 Å². The molecule has 17 heteroatoms. The number of hydrogen-bond donors (Lipinski definition) is 0. The van der Waals surface area contributed by atoms with Gasteiger partial charge in [0.25, 0.3) is 5.16 Å². The van der Waals surface area contributed by atoms with Crippen molar-refractivity contribution >= 4 is 25.0 Å². The molecule has 1 aromatic heterocycles. The SMILES string of the molecule is CC(C)OP(=O)(CO[C@@H](C)COc1cc(OC[C@H](C)OCP(=O)(OC(C)C)OC(C)C)nc(S(C)(=O)=O)n1)OC(C)C. The van der Waals surface area contributed by atoms with E-state index in [-0.39, 0.29) is 62.1 Å². The monoisotopic (exact) mass is 662 g/mol. The predicted molar refractivity (Wildman–Crippen MR) is 157 cm³/mol. The number of nitrogens with zero attached hydrogens (tertiary/aromatic N) is 2. The van der Waals surface area contributed by atoms with Crippen molar-refractivity contribution in [2.45, 2.75) is 111 Å². The molecular formula is C25H48N2O12P2S. The van der Waals surface area contributed by atoms with E-state index in [2.05, 4.69) is 9.97 Å². The Morgan fingerprint density at radius 3 is 1.21 bits per heavy atom. The van der Waals surface area contributed by atoms with Crippen molar-refractivity contribution in [2.24, 2.45) is 0 Å². The number of sulfone groups is 1. The number of hydrogen-bond acceptors (Lipinski definition) is 14. The summed E-state index contributed by atoms with van der Waals surface area (Å²) >= 11 is 0. The summed E-state index contributed by atoms with van der Waals surface area (Å²) in [6.07, 6.45) is -2.15. The number of ether oxygens (including phenoxy) is 4. The van der Waals surface area contributed by atoms with Crippen molar-refractivity contribution in [1.29, 1.82) is 0 Å². The van der Waals surface area contributed by atoms with Crippen LogP contribution in [0.25, 0.3) is 0 Å². The lowest BCUT2D eigenvalue weighted by atomic mass is 10.4. The van der Waals surface area contributed by atoms with Crippen LogP contribution in [-0.4, -0.2) is 87.2 Å². The molecule has 0 amide bonds. The highest BCUT2D eigenvalue weighted by Gasteiger charge is 2.30. The average molecular weight is 663 g/mol. The second-order valence-corrected chi connectivity index (χ2v) is 16.5. The molecule has 0 N–H and O–H groups in total. The lowest BCUT2D eigenvalue weighted by Gasteiger charge is -2.24. The smallest absolute Gasteiger partial charge is 0.356 e. The van der Waals surface area contributed by atoms with E-state index >= 15 is 0 Å². The molecule has 0 saturated heterocycles. The fourth-order valence-corrected chi connectivity index (χ4v) is 7.39. The molecule has 0 spiro atoms. The average Bonchev–Trinajstić information content (AvgIpc) is 2.81. The molecule has 14 nitrogen and oxygen atoms in total. The second kappa shape index (κ2) is 17.4. The van der Waals surface area contributed by atoms with E-state index in [0.29, 0.717) is 0 Å². The third-order valence-corrected chi connectivity index (χ3v) is 9.19. The normalized spacial score (nSPS) is 14.6. The first-order valence-electron chi connectivity index (χ1n) is 13.7. The van der Waals surface area contributed by atoms with Gasteiger partial charge >= 0.3 is 15.2 Å². The summed E-state index contributed by atoms with van der Waals surface area (Å²) in [4.78, 5) is 7.91. The van der Waals surface area contributed by atoms with Crippen LogP contribution in [-0.2, 0) is 46.5 Å². The molecule has 1 rings (SSSR count). The Labute approximate surface area is 250 Å². The van der Waals surface area contributed by atoms with Gasteiger partial charge in [0.1, 0.15) is 25.9 Å². The Balaban J connectivity index is 2.87. The van der Waals surface area contributed by atoms with Gasteiger partial charge in [0.15, 0.2) is 0 Å². The van der Waals surface area contributed by atoms with Gasteiger partial charge < -0.3 is 37.0 Å². The quantitative estimate of drug-likeness (QED) is 0.120. The van der Waals surface area contributed by atoms with Gasteiger partial charge in [-0.05, 0) is 69.2 Å². The summed E-state index contributed by atoms with van der Waals surface area (Å²) in [6, 6.07) is 1.32. The Morgan fingerprint density at radius 1 is 0.643 bits per heavy atom. The van der Waals surface area contributed by atoms with Gasteiger partial charge in [0, 0.05) is 6.26 Å². The predicted octanol–water partition coefficient (Wildman–Crippen LogP) is 5.45. The molecule has 0 aromatic carbocycles. The van der Waals surface area contributed by atoms with Crippen LogP contribution in [0.3, 0.4) is 0 Å². The van der Waals surface area contributed by atoms with E-state index < -0.39 is 42.4 Å². The zero-order chi connectivity index (χ0) is 32.3. The van der Waals surface area contributed by atoms with Crippen LogP contribution in [0.1, 0.15) is 69.2 Å². The van der Waals surface area contributed by atoms with Crippen LogP contribution < -0.4 is 9.47 Å². The molecule has 42 heavy (non-hydrogen) atoms. The van der Waals surface area contributed by atoms with Crippen LogP contribution >= 0.6 is 15.2 Å². The summed E-state index contributed by atoms with van der Waals surface area (Å²) in [5, 5.41) is -0.502. The van der Waals surface area contributed by atoms with Gasteiger partial charge in [-0.2, -0.15) is 9.97 Å². The van der Waals surface area contributed by atoms with E-state index in [0.717, 1.165) is 6.26 Å². The molecule has 246 valence electrons. The zero-order valence-corrected chi connectivity index (χ0v) is 29.1. The minimum Gasteiger partial charge on any atom is -0.475 e. The van der Waals surface area contributed by atoms with Crippen molar-refractivity contribution in [2.75, 3.05) is 32.2 Å². The first-order chi connectivity index (χ1) is 19.2. The Kier molecular flexibility index (Phi) is 16.1. The molecule has 0 unspecified atom stereocenters. The summed E-state index contributed by atoms with van der Waals surface area (Å²) in [5.74, 6) is -0.158. The largest absolute Gasteiger partial charge is 0.475 e. The van der Waals surface area contributed by atoms with Crippen LogP contribution in [0, 0.1) is 0 Å². The molecule has 0 aliphatic heterocycles. The van der Waals surface area contributed by atoms with Crippen molar-refractivity contribution in [1.82, 2.24) is 9.97 Å². The fourth-order valence-electron chi connectivity index (χ4n) is 3.09. The fraction of sp³-hybridized carbons (Fsp3) is 0.840. The minimum absolute atomic E-state index is 0.0660. The maximum Gasteiger partial charge on any atom is 0.356 e. The Morgan fingerprint density at radius 2 is 0.952 bits per heavy atom. The van der Waals surface area contributed by atoms with E-state index in [1.807, 2.05) is 0 Å². The summed E-state index contributed by atoms with van der Waals surface area (Å²) in [7, 11) is -10.8. The molecule has 1 aromatic rings. The van der Waals surface area contributed by atoms with Crippen molar-refractivity contribution in [3.8, 4) is 11.8 Å². The Bertz CT molecular complexity index is 1070. The van der Waals surface area contributed by atoms with Gasteiger partial charge in [-0.3, -0.25) is 9.13 Å². The highest BCUT2D eigenvalue weighted by atomic mass is 32.2. The van der Waals surface area contributed by atoms with Crippen LogP contribution in [0.5, 0.6) is 11.8 Å². The lowest BCUT2D eigenvalue weighted by Crippen LogP contribution is -2.22. The second-order valence-electron chi connectivity index (χ2n) is 10.8. The van der Waals surface area contributed by atoms with E-state index in [9.17, 15) is 17.5 Å². The molecule has 2 atom stereocenters. The van der Waals surface area contributed by atoms with Crippen LogP contribution in [0.4, 0.5) is 0 Å². The van der Waals surface area contributed by atoms with Crippen LogP contribution in [0.15, 0.2) is 11.2 Å². The van der Waals surface area contributed by atoms with Crippen molar-refractivity contribution in [3.05, 3.63) is 6.07 Å². The molecule has 0 bridgehead atoms. The topological polar surface area (TPSA) is 168 Å². The maximum absolute atomic E-state index is 13.0.